The van der Waals surface area contributed by atoms with E-state index in [4.69, 9.17) is 4.74 Å². The van der Waals surface area contributed by atoms with Gasteiger partial charge >= 0.3 is 6.09 Å². The molecule has 3 rings (SSSR count). The highest BCUT2D eigenvalue weighted by molar-refractivity contribution is 9.10. The highest BCUT2D eigenvalue weighted by atomic mass is 79.9. The van der Waals surface area contributed by atoms with Crippen molar-refractivity contribution in [2.24, 2.45) is 0 Å². The normalized spacial score (nSPS) is 12.0. The number of nitrogens with zero attached hydrogens (tertiary/aromatic N) is 3. The fraction of sp³-hybridized carbons (Fsp3) is 0.273. The predicted molar refractivity (Wildman–Crippen MR) is 121 cm³/mol. The summed E-state index contributed by atoms with van der Waals surface area (Å²) in [5, 5.41) is 3.71. The summed E-state index contributed by atoms with van der Waals surface area (Å²) in [6.45, 7) is 5.08. The van der Waals surface area contributed by atoms with Crippen LogP contribution in [0.2, 0.25) is 0 Å². The number of carbonyl (C=O) groups excluding carboxylic acids is 1. The Kier molecular flexibility index (Phi) is 6.94. The van der Waals surface area contributed by atoms with Gasteiger partial charge in [-0.25, -0.2) is 26.7 Å². The van der Waals surface area contributed by atoms with Gasteiger partial charge in [0.15, 0.2) is 5.03 Å². The molecule has 0 fully saturated rings. The minimum Gasteiger partial charge on any atom is -0.443 e. The lowest BCUT2D eigenvalue weighted by molar-refractivity contribution is 0.0749. The zero-order chi connectivity index (χ0) is 24.6. The van der Waals surface area contributed by atoms with Crippen LogP contribution in [0.15, 0.2) is 62.9 Å². The molecule has 0 aliphatic rings. The van der Waals surface area contributed by atoms with E-state index in [0.717, 1.165) is 22.9 Å². The Labute approximate surface area is 199 Å². The van der Waals surface area contributed by atoms with E-state index in [2.05, 4.69) is 21.0 Å². The highest BCUT2D eigenvalue weighted by Gasteiger charge is 2.28. The molecule has 1 amide bonds. The smallest absolute Gasteiger partial charge is 0.410 e. The summed E-state index contributed by atoms with van der Waals surface area (Å²) in [6.07, 6.45) is -0.648. The van der Waals surface area contributed by atoms with Crippen molar-refractivity contribution >= 4 is 31.9 Å². The molecule has 0 atom stereocenters. The molecule has 2 aromatic carbocycles. The fourth-order valence-electron chi connectivity index (χ4n) is 2.75. The number of hydrogen-bond acceptors (Lipinski definition) is 5. The average molecular weight is 542 g/mol. The molecule has 0 bridgehead atoms. The van der Waals surface area contributed by atoms with Crippen molar-refractivity contribution < 1.29 is 26.7 Å². The second-order valence-electron chi connectivity index (χ2n) is 8.23. The molecule has 0 spiro atoms. The Balaban J connectivity index is 2.07. The van der Waals surface area contributed by atoms with Crippen LogP contribution in [-0.4, -0.2) is 41.8 Å². The highest BCUT2D eigenvalue weighted by Crippen LogP contribution is 2.28. The topological polar surface area (TPSA) is 81.5 Å². The molecule has 176 valence electrons. The van der Waals surface area contributed by atoms with Gasteiger partial charge in [0, 0.05) is 29.2 Å². The van der Waals surface area contributed by atoms with Gasteiger partial charge in [0.2, 0.25) is 9.84 Å². The zero-order valence-corrected chi connectivity index (χ0v) is 20.7. The third-order valence-corrected chi connectivity index (χ3v) is 7.08. The first-order chi connectivity index (χ1) is 15.3. The lowest BCUT2D eigenvalue weighted by Crippen LogP contribution is -2.42. The van der Waals surface area contributed by atoms with Gasteiger partial charge < -0.3 is 9.64 Å². The van der Waals surface area contributed by atoms with Crippen LogP contribution in [-0.2, 0) is 21.2 Å². The number of hydrogen-bond donors (Lipinski definition) is 0. The molecule has 0 aliphatic heterocycles. The minimum atomic E-state index is -4.20. The van der Waals surface area contributed by atoms with Gasteiger partial charge in [-0.05, 0) is 51.1 Å². The van der Waals surface area contributed by atoms with E-state index in [1.165, 1.54) is 29.2 Å². The molecular formula is C22H22BrF2N3O4S. The largest absolute Gasteiger partial charge is 0.443 e. The van der Waals surface area contributed by atoms with E-state index in [1.54, 1.807) is 13.1 Å². The van der Waals surface area contributed by atoms with Crippen molar-refractivity contribution in [3.05, 3.63) is 70.3 Å². The molecule has 11 heteroatoms. The SMILES string of the molecule is CN(C(=O)OCc1cc(S(=O)(=O)c2cccc(Br)c2)n(-c2cc(F)ccc2F)n1)C(C)(C)C. The predicted octanol–water partition coefficient (Wildman–Crippen LogP) is 5.11. The monoisotopic (exact) mass is 541 g/mol. The Morgan fingerprint density at radius 3 is 2.48 bits per heavy atom. The second kappa shape index (κ2) is 9.22. The lowest BCUT2D eigenvalue weighted by atomic mass is 10.1. The first kappa shape index (κ1) is 24.8. The summed E-state index contributed by atoms with van der Waals surface area (Å²) in [7, 11) is -2.64. The molecule has 1 heterocycles. The van der Waals surface area contributed by atoms with E-state index in [-0.39, 0.29) is 17.2 Å². The Morgan fingerprint density at radius 2 is 1.85 bits per heavy atom. The Bertz CT molecular complexity index is 1300. The van der Waals surface area contributed by atoms with Crippen molar-refractivity contribution in [3.8, 4) is 5.69 Å². The third kappa shape index (κ3) is 5.41. The second-order valence-corrected chi connectivity index (χ2v) is 11.0. The molecule has 0 N–H and O–H groups in total. The lowest BCUT2D eigenvalue weighted by Gasteiger charge is -2.30. The van der Waals surface area contributed by atoms with Crippen LogP contribution in [0.4, 0.5) is 13.6 Å². The number of rotatable bonds is 5. The van der Waals surface area contributed by atoms with Crippen molar-refractivity contribution in [2.75, 3.05) is 7.05 Å². The van der Waals surface area contributed by atoms with E-state index in [9.17, 15) is 22.0 Å². The Hall–Kier alpha value is -2.79. The maximum atomic E-state index is 14.5. The number of ether oxygens (including phenoxy) is 1. The molecule has 33 heavy (non-hydrogen) atoms. The van der Waals surface area contributed by atoms with E-state index in [0.29, 0.717) is 4.47 Å². The van der Waals surface area contributed by atoms with E-state index < -0.39 is 43.8 Å². The molecule has 1 aromatic heterocycles. The first-order valence-electron chi connectivity index (χ1n) is 9.76. The van der Waals surface area contributed by atoms with E-state index in [1.807, 2.05) is 20.8 Å². The minimum absolute atomic E-state index is 0.0443. The first-order valence-corrected chi connectivity index (χ1v) is 12.0. The third-order valence-electron chi connectivity index (χ3n) is 4.87. The van der Waals surface area contributed by atoms with Crippen LogP contribution in [0, 0.1) is 11.6 Å². The average Bonchev–Trinajstić information content (AvgIpc) is 3.17. The Morgan fingerprint density at radius 1 is 1.15 bits per heavy atom. The number of benzene rings is 2. The van der Waals surface area contributed by atoms with Crippen LogP contribution in [0.5, 0.6) is 0 Å². The van der Waals surface area contributed by atoms with Crippen LogP contribution >= 0.6 is 15.9 Å². The summed E-state index contributed by atoms with van der Waals surface area (Å²) in [5.41, 5.74) is -0.855. The standard InChI is InChI=1S/C22H22BrF2N3O4S/c1-22(2,3)27(4)21(29)32-13-16-12-20(33(30,31)17-7-5-6-14(23)10-17)28(26-16)19-11-15(24)8-9-18(19)25/h5-12H,13H2,1-4H3. The maximum Gasteiger partial charge on any atom is 0.410 e. The molecule has 0 radical (unpaired) electrons. The van der Waals surface area contributed by atoms with Gasteiger partial charge in [-0.2, -0.15) is 5.10 Å². The number of aromatic nitrogens is 2. The molecule has 0 saturated carbocycles. The molecular weight excluding hydrogens is 520 g/mol. The van der Waals surface area contributed by atoms with Crippen molar-refractivity contribution in [1.29, 1.82) is 0 Å². The van der Waals surface area contributed by atoms with Gasteiger partial charge in [0.1, 0.15) is 29.6 Å². The van der Waals surface area contributed by atoms with Gasteiger partial charge in [0.05, 0.1) is 4.90 Å². The van der Waals surface area contributed by atoms with Crippen LogP contribution in [0.3, 0.4) is 0 Å². The number of amides is 1. The fourth-order valence-corrected chi connectivity index (χ4v) is 4.74. The summed E-state index contributed by atoms with van der Waals surface area (Å²) in [5.74, 6) is -1.64. The molecule has 3 aromatic rings. The number of halogens is 3. The van der Waals surface area contributed by atoms with Crippen LogP contribution in [0.25, 0.3) is 5.69 Å². The van der Waals surface area contributed by atoms with Gasteiger partial charge in [-0.1, -0.05) is 22.0 Å². The maximum absolute atomic E-state index is 14.5. The van der Waals surface area contributed by atoms with Gasteiger partial charge in [-0.15, -0.1) is 0 Å². The van der Waals surface area contributed by atoms with Crippen LogP contribution < -0.4 is 0 Å². The number of carbonyl (C=O) groups is 1. The summed E-state index contributed by atoms with van der Waals surface area (Å²) < 4.78 is 61.7. The zero-order valence-electron chi connectivity index (χ0n) is 18.3. The quantitative estimate of drug-likeness (QED) is 0.448. The van der Waals surface area contributed by atoms with Gasteiger partial charge in [0.25, 0.3) is 0 Å². The van der Waals surface area contributed by atoms with Crippen molar-refractivity contribution in [1.82, 2.24) is 14.7 Å². The van der Waals surface area contributed by atoms with Crippen molar-refractivity contribution in [3.63, 3.8) is 0 Å². The number of sulfone groups is 1. The molecule has 0 saturated heterocycles. The molecule has 0 aliphatic carbocycles. The molecule has 7 nitrogen and oxygen atoms in total. The molecule has 0 unspecified atom stereocenters. The summed E-state index contributed by atoms with van der Waals surface area (Å²) in [6, 6.07) is 9.74. The van der Waals surface area contributed by atoms with Gasteiger partial charge in [-0.3, -0.25) is 0 Å². The summed E-state index contributed by atoms with van der Waals surface area (Å²) >= 11 is 3.23. The summed E-state index contributed by atoms with van der Waals surface area (Å²) in [4.78, 5) is 13.6. The van der Waals surface area contributed by atoms with E-state index >= 15 is 0 Å². The van der Waals surface area contributed by atoms with Crippen molar-refractivity contribution in [2.45, 2.75) is 42.8 Å². The van der Waals surface area contributed by atoms with Crippen LogP contribution in [0.1, 0.15) is 26.5 Å².